The van der Waals surface area contributed by atoms with Gasteiger partial charge in [0, 0.05) is 36.1 Å². The lowest BCUT2D eigenvalue weighted by molar-refractivity contribution is 0.189. The Morgan fingerprint density at radius 1 is 1.42 bits per heavy atom. The van der Waals surface area contributed by atoms with Crippen molar-refractivity contribution < 1.29 is 9.53 Å². The molecule has 8 heteroatoms. The lowest BCUT2D eigenvalue weighted by Crippen LogP contribution is -2.34. The summed E-state index contributed by atoms with van der Waals surface area (Å²) >= 11 is 5.91. The summed E-state index contributed by atoms with van der Waals surface area (Å²) in [4.78, 5) is 21.9. The molecule has 1 atom stereocenters. The number of nitrogens with zero attached hydrogens (tertiary/aromatic N) is 4. The van der Waals surface area contributed by atoms with Gasteiger partial charge < -0.3 is 15.0 Å². The van der Waals surface area contributed by atoms with E-state index in [0.29, 0.717) is 30.2 Å². The van der Waals surface area contributed by atoms with E-state index in [2.05, 4.69) is 15.3 Å². The highest BCUT2D eigenvalue weighted by Gasteiger charge is 2.28. The molecule has 0 radical (unpaired) electrons. The number of rotatable bonds is 3. The predicted octanol–water partition coefficient (Wildman–Crippen LogP) is 2.69. The molecule has 1 N–H and O–H groups in total. The molecule has 0 aliphatic carbocycles. The van der Waals surface area contributed by atoms with Crippen LogP contribution >= 0.6 is 11.6 Å². The number of nitrogens with one attached hydrogen (secondary N) is 1. The van der Waals surface area contributed by atoms with E-state index in [4.69, 9.17) is 21.6 Å². The molecular weight excluding hydrogens is 330 g/mol. The van der Waals surface area contributed by atoms with Crippen LogP contribution in [0, 0.1) is 11.3 Å². The number of amides is 2. The number of urea groups is 1. The van der Waals surface area contributed by atoms with Crippen molar-refractivity contribution >= 4 is 23.3 Å². The lowest BCUT2D eigenvalue weighted by Gasteiger charge is -2.18. The van der Waals surface area contributed by atoms with Crippen molar-refractivity contribution in [2.45, 2.75) is 12.5 Å². The van der Waals surface area contributed by atoms with Gasteiger partial charge in [-0.25, -0.2) is 14.8 Å². The second-order valence-corrected chi connectivity index (χ2v) is 5.67. The fourth-order valence-corrected chi connectivity index (χ4v) is 2.61. The number of hydrogen-bond donors (Lipinski definition) is 1. The standard InChI is InChI=1S/C16H14ClN5O2/c17-11-2-1-3-12(8-11)21-16(23)22-7-4-13(10-22)24-15-14(9-18)19-5-6-20-15/h1-3,5-6,8,13H,4,7,10H2,(H,21,23). The highest BCUT2D eigenvalue weighted by atomic mass is 35.5. The van der Waals surface area contributed by atoms with Gasteiger partial charge in [0.1, 0.15) is 12.2 Å². The number of aromatic nitrogens is 2. The Balaban J connectivity index is 1.59. The average molecular weight is 344 g/mol. The molecule has 2 aromatic rings. The summed E-state index contributed by atoms with van der Waals surface area (Å²) in [5.41, 5.74) is 0.775. The molecule has 7 nitrogen and oxygen atoms in total. The number of carbonyl (C=O) groups excluding carboxylic acids is 1. The summed E-state index contributed by atoms with van der Waals surface area (Å²) in [5, 5.41) is 12.4. The second kappa shape index (κ2) is 7.15. The fraction of sp³-hybridized carbons (Fsp3) is 0.250. The van der Waals surface area contributed by atoms with Crippen molar-refractivity contribution in [2.75, 3.05) is 18.4 Å². The maximum Gasteiger partial charge on any atom is 0.321 e. The molecule has 0 bridgehead atoms. The van der Waals surface area contributed by atoms with Crippen molar-refractivity contribution in [3.05, 3.63) is 47.4 Å². The van der Waals surface area contributed by atoms with Gasteiger partial charge >= 0.3 is 6.03 Å². The molecule has 122 valence electrons. The topological polar surface area (TPSA) is 91.1 Å². The van der Waals surface area contributed by atoms with E-state index in [1.54, 1.807) is 29.2 Å². The summed E-state index contributed by atoms with van der Waals surface area (Å²) in [5.74, 6) is 0.196. The largest absolute Gasteiger partial charge is 0.470 e. The number of carbonyl (C=O) groups is 1. The van der Waals surface area contributed by atoms with Crippen LogP contribution in [-0.4, -0.2) is 40.1 Å². The number of nitriles is 1. The molecule has 1 aliphatic rings. The summed E-state index contributed by atoms with van der Waals surface area (Å²) in [6.45, 7) is 0.965. The van der Waals surface area contributed by atoms with Crippen molar-refractivity contribution in [1.29, 1.82) is 5.26 Å². The number of ether oxygens (including phenoxy) is 1. The van der Waals surface area contributed by atoms with Gasteiger partial charge in [-0.3, -0.25) is 0 Å². The van der Waals surface area contributed by atoms with Crippen LogP contribution < -0.4 is 10.1 Å². The van der Waals surface area contributed by atoms with Crippen molar-refractivity contribution in [1.82, 2.24) is 14.9 Å². The highest BCUT2D eigenvalue weighted by Crippen LogP contribution is 2.20. The summed E-state index contributed by atoms with van der Waals surface area (Å²) in [7, 11) is 0. The van der Waals surface area contributed by atoms with E-state index in [1.807, 2.05) is 6.07 Å². The first kappa shape index (κ1) is 16.0. The monoisotopic (exact) mass is 343 g/mol. The van der Waals surface area contributed by atoms with Gasteiger partial charge in [0.2, 0.25) is 5.69 Å². The number of likely N-dealkylation sites (tertiary alicyclic amines) is 1. The number of hydrogen-bond acceptors (Lipinski definition) is 5. The third-order valence-electron chi connectivity index (χ3n) is 3.56. The SMILES string of the molecule is N#Cc1nccnc1OC1CCN(C(=O)Nc2cccc(Cl)c2)C1. The Labute approximate surface area is 143 Å². The van der Waals surface area contributed by atoms with E-state index in [9.17, 15) is 4.79 Å². The maximum absolute atomic E-state index is 12.3. The van der Waals surface area contributed by atoms with Gasteiger partial charge in [-0.1, -0.05) is 17.7 Å². The van der Waals surface area contributed by atoms with Crippen LogP contribution in [0.15, 0.2) is 36.7 Å². The molecule has 1 unspecified atom stereocenters. The predicted molar refractivity (Wildman–Crippen MR) is 87.8 cm³/mol. The van der Waals surface area contributed by atoms with Crippen LogP contribution in [0.5, 0.6) is 5.88 Å². The number of halogens is 1. The minimum absolute atomic E-state index is 0.138. The Morgan fingerprint density at radius 3 is 3.04 bits per heavy atom. The Hall–Kier alpha value is -2.85. The second-order valence-electron chi connectivity index (χ2n) is 5.24. The van der Waals surface area contributed by atoms with E-state index < -0.39 is 0 Å². The molecule has 1 aliphatic heterocycles. The average Bonchev–Trinajstić information content (AvgIpc) is 3.04. The minimum Gasteiger partial charge on any atom is -0.470 e. The molecule has 0 spiro atoms. The number of benzene rings is 1. The zero-order valence-electron chi connectivity index (χ0n) is 12.6. The summed E-state index contributed by atoms with van der Waals surface area (Å²) < 4.78 is 5.71. The third kappa shape index (κ3) is 3.73. The quantitative estimate of drug-likeness (QED) is 0.925. The van der Waals surface area contributed by atoms with Gasteiger partial charge in [0.05, 0.1) is 6.54 Å². The first-order valence-corrected chi connectivity index (χ1v) is 7.73. The zero-order chi connectivity index (χ0) is 16.9. The third-order valence-corrected chi connectivity index (χ3v) is 3.79. The van der Waals surface area contributed by atoms with E-state index in [-0.39, 0.29) is 23.7 Å². The lowest BCUT2D eigenvalue weighted by atomic mass is 10.3. The number of anilines is 1. The fourth-order valence-electron chi connectivity index (χ4n) is 2.42. The van der Waals surface area contributed by atoms with Gasteiger partial charge in [-0.05, 0) is 18.2 Å². The molecule has 3 rings (SSSR count). The van der Waals surface area contributed by atoms with Gasteiger partial charge in [-0.15, -0.1) is 0 Å². The normalized spacial score (nSPS) is 16.5. The van der Waals surface area contributed by atoms with Gasteiger partial charge in [-0.2, -0.15) is 5.26 Å². The molecular formula is C16H14ClN5O2. The first-order valence-electron chi connectivity index (χ1n) is 7.35. The maximum atomic E-state index is 12.3. The first-order chi connectivity index (χ1) is 11.7. The molecule has 1 fully saturated rings. The van der Waals surface area contributed by atoms with Gasteiger partial charge in [0.15, 0.2) is 0 Å². The van der Waals surface area contributed by atoms with Crippen LogP contribution in [0.4, 0.5) is 10.5 Å². The van der Waals surface area contributed by atoms with Crippen LogP contribution in [-0.2, 0) is 0 Å². The minimum atomic E-state index is -0.223. The molecule has 1 saturated heterocycles. The van der Waals surface area contributed by atoms with E-state index in [0.717, 1.165) is 0 Å². The molecule has 2 amide bonds. The van der Waals surface area contributed by atoms with E-state index >= 15 is 0 Å². The van der Waals surface area contributed by atoms with Gasteiger partial charge in [0.25, 0.3) is 5.88 Å². The Kier molecular flexibility index (Phi) is 4.77. The molecule has 1 aromatic carbocycles. The van der Waals surface area contributed by atoms with Crippen molar-refractivity contribution in [3.8, 4) is 11.9 Å². The highest BCUT2D eigenvalue weighted by molar-refractivity contribution is 6.30. The summed E-state index contributed by atoms with van der Waals surface area (Å²) in [6, 6.07) is 8.68. The molecule has 24 heavy (non-hydrogen) atoms. The van der Waals surface area contributed by atoms with Crippen molar-refractivity contribution in [3.63, 3.8) is 0 Å². The Bertz CT molecular complexity index is 792. The summed E-state index contributed by atoms with van der Waals surface area (Å²) in [6.07, 6.45) is 3.34. The van der Waals surface area contributed by atoms with Crippen LogP contribution in [0.25, 0.3) is 0 Å². The van der Waals surface area contributed by atoms with Crippen molar-refractivity contribution in [2.24, 2.45) is 0 Å². The van der Waals surface area contributed by atoms with Crippen LogP contribution in [0.3, 0.4) is 0 Å². The van der Waals surface area contributed by atoms with Crippen LogP contribution in [0.2, 0.25) is 5.02 Å². The Morgan fingerprint density at radius 2 is 2.25 bits per heavy atom. The molecule has 2 heterocycles. The zero-order valence-corrected chi connectivity index (χ0v) is 13.4. The molecule has 0 saturated carbocycles. The van der Waals surface area contributed by atoms with E-state index in [1.165, 1.54) is 12.4 Å². The smallest absolute Gasteiger partial charge is 0.321 e. The van der Waals surface area contributed by atoms with Crippen LogP contribution in [0.1, 0.15) is 12.1 Å². The molecule has 1 aromatic heterocycles.